The fourth-order valence-corrected chi connectivity index (χ4v) is 4.34. The third kappa shape index (κ3) is 7.21. The Labute approximate surface area is 242 Å². The van der Waals surface area contributed by atoms with Gasteiger partial charge < -0.3 is 24.4 Å². The van der Waals surface area contributed by atoms with Crippen LogP contribution in [0.3, 0.4) is 0 Å². The number of pyridine rings is 2. The molecule has 4 rings (SSSR count). The Bertz CT molecular complexity index is 1540. The second kappa shape index (κ2) is 13.5. The number of aromatic nitrogens is 2. The Balaban J connectivity index is 1.59. The number of halogens is 3. The lowest BCUT2D eigenvalue weighted by atomic mass is 10.1. The third-order valence-corrected chi connectivity index (χ3v) is 6.48. The molecule has 40 heavy (non-hydrogen) atoms. The van der Waals surface area contributed by atoms with Crippen LogP contribution in [0.15, 0.2) is 48.7 Å². The van der Waals surface area contributed by atoms with Gasteiger partial charge in [-0.3, -0.25) is 4.98 Å². The van der Waals surface area contributed by atoms with Crippen molar-refractivity contribution in [2.75, 3.05) is 39.7 Å². The number of nitrogens with zero attached hydrogens (tertiary/aromatic N) is 4. The molecular formula is C29H28Cl2FN5O3. The summed E-state index contributed by atoms with van der Waals surface area (Å²) in [4.78, 5) is 10.7. The van der Waals surface area contributed by atoms with Crippen LogP contribution in [-0.4, -0.2) is 49.2 Å². The Hall–Kier alpha value is -3.84. The molecule has 4 aromatic rings. The highest BCUT2D eigenvalue weighted by Gasteiger charge is 2.17. The summed E-state index contributed by atoms with van der Waals surface area (Å²) in [5.74, 6) is 0.332. The van der Waals surface area contributed by atoms with Crippen molar-refractivity contribution in [1.29, 1.82) is 5.26 Å². The lowest BCUT2D eigenvalue weighted by Gasteiger charge is -2.17. The highest BCUT2D eigenvalue weighted by molar-refractivity contribution is 6.33. The van der Waals surface area contributed by atoms with E-state index in [1.807, 2.05) is 14.1 Å². The maximum atomic E-state index is 15.0. The molecule has 0 aliphatic carbocycles. The summed E-state index contributed by atoms with van der Waals surface area (Å²) in [7, 11) is 5.60. The maximum absolute atomic E-state index is 15.0. The molecule has 2 aromatic heterocycles. The van der Waals surface area contributed by atoms with Crippen LogP contribution >= 0.6 is 23.2 Å². The topological polar surface area (TPSA) is 92.5 Å². The standard InChI is InChI=1S/C29H28Cl2FN5O3/c1-37(2)9-4-5-10-39-27-14-23-20(11-26(27)38-3)29(18(15-33)16-34-23)36-24-13-22(32)25(12-21(24)30)40-17-19-7-6-8-28(31)35-19/h6-8,11-14,16H,4-5,9-10,17H2,1-3H3,(H,34,36). The van der Waals surface area contributed by atoms with Crippen molar-refractivity contribution >= 4 is 45.5 Å². The van der Waals surface area contributed by atoms with Gasteiger partial charge in [-0.1, -0.05) is 29.3 Å². The number of anilines is 2. The van der Waals surface area contributed by atoms with Gasteiger partial charge in [0.25, 0.3) is 0 Å². The zero-order valence-electron chi connectivity index (χ0n) is 22.3. The molecular weight excluding hydrogens is 556 g/mol. The van der Waals surface area contributed by atoms with Gasteiger partial charge in [-0.05, 0) is 51.7 Å². The Morgan fingerprint density at radius 2 is 1.88 bits per heavy atom. The first-order valence-electron chi connectivity index (χ1n) is 12.5. The van der Waals surface area contributed by atoms with E-state index in [1.54, 1.807) is 37.4 Å². The number of fused-ring (bicyclic) bond motifs is 1. The summed E-state index contributed by atoms with van der Waals surface area (Å²) in [5.41, 5.74) is 2.00. The van der Waals surface area contributed by atoms with Gasteiger partial charge in [0.15, 0.2) is 23.1 Å². The summed E-state index contributed by atoms with van der Waals surface area (Å²) in [6.07, 6.45) is 3.32. The fraction of sp³-hybridized carbons (Fsp3) is 0.276. The van der Waals surface area contributed by atoms with Gasteiger partial charge in [0.1, 0.15) is 17.8 Å². The fourth-order valence-electron chi connectivity index (χ4n) is 3.96. The molecule has 0 radical (unpaired) electrons. The number of hydrogen-bond acceptors (Lipinski definition) is 8. The quantitative estimate of drug-likeness (QED) is 0.141. The highest BCUT2D eigenvalue weighted by atomic mass is 35.5. The molecule has 0 fully saturated rings. The second-order valence-corrected chi connectivity index (χ2v) is 9.96. The molecule has 0 atom stereocenters. The smallest absolute Gasteiger partial charge is 0.167 e. The van der Waals surface area contributed by atoms with Crippen molar-refractivity contribution < 1.29 is 18.6 Å². The minimum atomic E-state index is -0.645. The van der Waals surface area contributed by atoms with Crippen LogP contribution in [0.5, 0.6) is 17.2 Å². The summed E-state index contributed by atoms with van der Waals surface area (Å²) >= 11 is 12.4. The van der Waals surface area contributed by atoms with E-state index >= 15 is 4.39 Å². The molecule has 2 heterocycles. The van der Waals surface area contributed by atoms with Crippen LogP contribution in [0.4, 0.5) is 15.8 Å². The summed E-state index contributed by atoms with van der Waals surface area (Å²) in [6, 6.07) is 13.3. The summed E-state index contributed by atoms with van der Waals surface area (Å²) in [6.45, 7) is 1.50. The lowest BCUT2D eigenvalue weighted by Crippen LogP contribution is -2.13. The van der Waals surface area contributed by atoms with Crippen LogP contribution in [-0.2, 0) is 6.61 Å². The summed E-state index contributed by atoms with van der Waals surface area (Å²) in [5, 5.41) is 14.0. The van der Waals surface area contributed by atoms with Gasteiger partial charge in [-0.2, -0.15) is 5.26 Å². The van der Waals surface area contributed by atoms with Crippen LogP contribution in [0.25, 0.3) is 10.9 Å². The minimum Gasteiger partial charge on any atom is -0.493 e. The van der Waals surface area contributed by atoms with Crippen LogP contribution in [0, 0.1) is 17.1 Å². The molecule has 0 amide bonds. The molecule has 0 aliphatic rings. The van der Waals surface area contributed by atoms with Gasteiger partial charge in [0.2, 0.25) is 0 Å². The van der Waals surface area contributed by atoms with E-state index in [9.17, 15) is 5.26 Å². The number of methoxy groups -OCH3 is 1. The molecule has 2 aromatic carbocycles. The monoisotopic (exact) mass is 583 g/mol. The van der Waals surface area contributed by atoms with Gasteiger partial charge in [0.05, 0.1) is 46.9 Å². The van der Waals surface area contributed by atoms with Gasteiger partial charge in [-0.25, -0.2) is 9.37 Å². The van der Waals surface area contributed by atoms with Crippen molar-refractivity contribution in [3.05, 3.63) is 75.9 Å². The molecule has 0 saturated carbocycles. The zero-order chi connectivity index (χ0) is 28.6. The molecule has 208 valence electrons. The van der Waals surface area contributed by atoms with E-state index in [2.05, 4.69) is 26.3 Å². The van der Waals surface area contributed by atoms with Crippen molar-refractivity contribution in [2.24, 2.45) is 0 Å². The molecule has 8 nitrogen and oxygen atoms in total. The van der Waals surface area contributed by atoms with E-state index in [1.165, 1.54) is 18.3 Å². The van der Waals surface area contributed by atoms with Crippen LogP contribution < -0.4 is 19.5 Å². The maximum Gasteiger partial charge on any atom is 0.167 e. The number of hydrogen-bond donors (Lipinski definition) is 1. The molecule has 0 saturated heterocycles. The van der Waals surface area contributed by atoms with Gasteiger partial charge in [-0.15, -0.1) is 0 Å². The molecule has 0 aliphatic heterocycles. The van der Waals surface area contributed by atoms with Crippen LogP contribution in [0.1, 0.15) is 24.1 Å². The van der Waals surface area contributed by atoms with E-state index in [0.29, 0.717) is 45.5 Å². The number of rotatable bonds is 12. The van der Waals surface area contributed by atoms with E-state index < -0.39 is 5.82 Å². The molecule has 1 N–H and O–H groups in total. The van der Waals surface area contributed by atoms with Crippen molar-refractivity contribution in [2.45, 2.75) is 19.4 Å². The minimum absolute atomic E-state index is 0.00794. The SMILES string of the molecule is COc1cc2c(Nc3cc(F)c(OCc4cccc(Cl)n4)cc3Cl)c(C#N)cnc2cc1OCCCCN(C)C. The first-order valence-corrected chi connectivity index (χ1v) is 13.2. The average Bonchev–Trinajstić information content (AvgIpc) is 2.93. The molecule has 11 heteroatoms. The Morgan fingerprint density at radius 1 is 1.05 bits per heavy atom. The first-order chi connectivity index (χ1) is 19.3. The highest BCUT2D eigenvalue weighted by Crippen LogP contribution is 2.39. The van der Waals surface area contributed by atoms with E-state index in [4.69, 9.17) is 37.4 Å². The Kier molecular flexibility index (Phi) is 9.83. The number of nitriles is 1. The third-order valence-electron chi connectivity index (χ3n) is 5.96. The zero-order valence-corrected chi connectivity index (χ0v) is 23.8. The van der Waals surface area contributed by atoms with Crippen molar-refractivity contribution in [3.8, 4) is 23.3 Å². The number of benzene rings is 2. The van der Waals surface area contributed by atoms with Gasteiger partial charge >= 0.3 is 0 Å². The first kappa shape index (κ1) is 29.2. The molecule has 0 bridgehead atoms. The molecule has 0 unspecified atom stereocenters. The number of ether oxygens (including phenoxy) is 3. The van der Waals surface area contributed by atoms with Crippen LogP contribution in [0.2, 0.25) is 10.2 Å². The van der Waals surface area contributed by atoms with Crippen molar-refractivity contribution in [1.82, 2.24) is 14.9 Å². The Morgan fingerprint density at radius 3 is 2.60 bits per heavy atom. The van der Waals surface area contributed by atoms with Gasteiger partial charge in [0, 0.05) is 29.8 Å². The second-order valence-electron chi connectivity index (χ2n) is 9.17. The number of unbranched alkanes of at least 4 members (excludes halogenated alkanes) is 1. The average molecular weight is 584 g/mol. The molecule has 0 spiro atoms. The largest absolute Gasteiger partial charge is 0.493 e. The number of nitrogens with one attached hydrogen (secondary N) is 1. The predicted molar refractivity (Wildman–Crippen MR) is 155 cm³/mol. The summed E-state index contributed by atoms with van der Waals surface area (Å²) < 4.78 is 32.1. The van der Waals surface area contributed by atoms with E-state index in [0.717, 1.165) is 19.4 Å². The lowest BCUT2D eigenvalue weighted by molar-refractivity contribution is 0.277. The van der Waals surface area contributed by atoms with Crippen molar-refractivity contribution in [3.63, 3.8) is 0 Å². The van der Waals surface area contributed by atoms with E-state index in [-0.39, 0.29) is 28.6 Å². The predicted octanol–water partition coefficient (Wildman–Crippen LogP) is 7.00. The normalized spacial score (nSPS) is 10.9.